The number of sulfonamides is 1. The summed E-state index contributed by atoms with van der Waals surface area (Å²) >= 11 is 0. The number of benzene rings is 1. The van der Waals surface area contributed by atoms with Crippen molar-refractivity contribution in [1.29, 1.82) is 0 Å². The predicted octanol–water partition coefficient (Wildman–Crippen LogP) is 2.85. The van der Waals surface area contributed by atoms with E-state index in [1.54, 1.807) is 23.6 Å². The van der Waals surface area contributed by atoms with Crippen LogP contribution in [-0.4, -0.2) is 34.3 Å². The number of carboxylic acids is 1. The Hall–Kier alpha value is -2.98. The van der Waals surface area contributed by atoms with Gasteiger partial charge in [0.25, 0.3) is 0 Å². The van der Waals surface area contributed by atoms with Gasteiger partial charge in [-0.3, -0.25) is 4.79 Å². The van der Waals surface area contributed by atoms with Gasteiger partial charge in [-0.05, 0) is 55.5 Å². The van der Waals surface area contributed by atoms with Crippen LogP contribution < -0.4 is 4.72 Å². The Labute approximate surface area is 180 Å². The van der Waals surface area contributed by atoms with Gasteiger partial charge in [0.15, 0.2) is 0 Å². The Bertz CT molecular complexity index is 1230. The van der Waals surface area contributed by atoms with Gasteiger partial charge < -0.3 is 14.1 Å². The second kappa shape index (κ2) is 8.27. The highest BCUT2D eigenvalue weighted by Crippen LogP contribution is 2.34. The molecule has 0 spiro atoms. The van der Waals surface area contributed by atoms with Crippen molar-refractivity contribution in [3.63, 3.8) is 0 Å². The number of carbonyl (C=O) groups is 1. The number of aromatic nitrogens is 3. The number of aliphatic carboxylic acids is 1. The number of carboxylic acid groups (broad SMARTS) is 1. The molecule has 1 aliphatic rings. The summed E-state index contributed by atoms with van der Waals surface area (Å²) in [4.78, 5) is 11.4. The van der Waals surface area contributed by atoms with Crippen molar-refractivity contribution in [2.75, 3.05) is 0 Å². The third kappa shape index (κ3) is 4.26. The smallest absolute Gasteiger partial charge is 0.323 e. The molecule has 10 heteroatoms. The molecule has 164 valence electrons. The predicted molar refractivity (Wildman–Crippen MR) is 112 cm³/mol. The van der Waals surface area contributed by atoms with Crippen LogP contribution in [0.3, 0.4) is 0 Å². The number of aryl methyl sites for hydroxylation is 2. The number of nitrogens with zero attached hydrogens (tertiary/aromatic N) is 3. The SMILES string of the molecule is CCc1cc2c(n1CC(=O)O)CCCC2NS(=O)(=O)c1cccc(-c2nnc(C)o2)c1. The third-order valence-electron chi connectivity index (χ3n) is 5.48. The molecule has 1 atom stereocenters. The monoisotopic (exact) mass is 444 g/mol. The summed E-state index contributed by atoms with van der Waals surface area (Å²) in [5, 5.41) is 17.0. The van der Waals surface area contributed by atoms with E-state index >= 15 is 0 Å². The molecule has 1 aliphatic carbocycles. The van der Waals surface area contributed by atoms with Crippen molar-refractivity contribution in [3.05, 3.63) is 53.2 Å². The standard InChI is InChI=1S/C21H24N4O5S/c1-3-15-11-17-18(8-5-9-19(17)25(15)12-20(26)27)24-31(28,29)16-7-4-6-14(10-16)21-23-22-13(2)30-21/h4,6-7,10-11,18,24H,3,5,8-9,12H2,1-2H3,(H,26,27). The molecule has 1 aromatic carbocycles. The van der Waals surface area contributed by atoms with Gasteiger partial charge in [0.2, 0.25) is 21.8 Å². The minimum atomic E-state index is -3.83. The molecular weight excluding hydrogens is 420 g/mol. The summed E-state index contributed by atoms with van der Waals surface area (Å²) in [6.07, 6.45) is 2.82. The third-order valence-corrected chi connectivity index (χ3v) is 6.95. The molecule has 3 aromatic rings. The van der Waals surface area contributed by atoms with E-state index in [4.69, 9.17) is 4.42 Å². The molecule has 0 bridgehead atoms. The highest BCUT2D eigenvalue weighted by Gasteiger charge is 2.30. The lowest BCUT2D eigenvalue weighted by Gasteiger charge is -2.25. The lowest BCUT2D eigenvalue weighted by Crippen LogP contribution is -2.31. The van der Waals surface area contributed by atoms with Gasteiger partial charge >= 0.3 is 5.97 Å². The quantitative estimate of drug-likeness (QED) is 0.573. The zero-order chi connectivity index (χ0) is 22.2. The van der Waals surface area contributed by atoms with Gasteiger partial charge in [0, 0.05) is 29.9 Å². The van der Waals surface area contributed by atoms with Gasteiger partial charge in [0.05, 0.1) is 4.90 Å². The van der Waals surface area contributed by atoms with Gasteiger partial charge in [-0.15, -0.1) is 10.2 Å². The van der Waals surface area contributed by atoms with Crippen LogP contribution in [0.4, 0.5) is 0 Å². The maximum Gasteiger partial charge on any atom is 0.323 e. The fourth-order valence-corrected chi connectivity index (χ4v) is 5.39. The van der Waals surface area contributed by atoms with E-state index < -0.39 is 22.0 Å². The van der Waals surface area contributed by atoms with Gasteiger partial charge in [-0.2, -0.15) is 0 Å². The molecule has 0 fully saturated rings. The van der Waals surface area contributed by atoms with E-state index in [1.165, 1.54) is 12.1 Å². The number of hydrogen-bond donors (Lipinski definition) is 2. The van der Waals surface area contributed by atoms with Crippen molar-refractivity contribution in [2.45, 2.75) is 57.0 Å². The summed E-state index contributed by atoms with van der Waals surface area (Å²) in [6.45, 7) is 3.51. The van der Waals surface area contributed by atoms with Crippen LogP contribution >= 0.6 is 0 Å². The number of fused-ring (bicyclic) bond motifs is 1. The zero-order valence-electron chi connectivity index (χ0n) is 17.3. The molecule has 0 radical (unpaired) electrons. The molecule has 2 heterocycles. The molecular formula is C21H24N4O5S. The second-order valence-electron chi connectivity index (χ2n) is 7.59. The molecule has 0 amide bonds. The molecule has 4 rings (SSSR count). The molecule has 0 aliphatic heterocycles. The highest BCUT2D eigenvalue weighted by molar-refractivity contribution is 7.89. The second-order valence-corrected chi connectivity index (χ2v) is 9.31. The van der Waals surface area contributed by atoms with Crippen molar-refractivity contribution >= 4 is 16.0 Å². The van der Waals surface area contributed by atoms with E-state index in [0.717, 1.165) is 29.8 Å². The van der Waals surface area contributed by atoms with Crippen LogP contribution in [0.2, 0.25) is 0 Å². The molecule has 0 saturated heterocycles. The summed E-state index contributed by atoms with van der Waals surface area (Å²) in [6, 6.07) is 7.89. The Kier molecular flexibility index (Phi) is 5.67. The zero-order valence-corrected chi connectivity index (χ0v) is 18.1. The van der Waals surface area contributed by atoms with Crippen molar-refractivity contribution in [3.8, 4) is 11.5 Å². The van der Waals surface area contributed by atoms with Crippen LogP contribution in [0.1, 0.15) is 48.6 Å². The number of hydrogen-bond acceptors (Lipinski definition) is 6. The van der Waals surface area contributed by atoms with Crippen molar-refractivity contribution in [2.24, 2.45) is 0 Å². The van der Waals surface area contributed by atoms with E-state index in [2.05, 4.69) is 14.9 Å². The van der Waals surface area contributed by atoms with Crippen LogP contribution in [-0.2, 0) is 34.2 Å². The normalized spacial score (nSPS) is 16.3. The van der Waals surface area contributed by atoms with Crippen LogP contribution in [0.25, 0.3) is 11.5 Å². The first-order valence-electron chi connectivity index (χ1n) is 10.1. The average Bonchev–Trinajstić information content (AvgIpc) is 3.32. The summed E-state index contributed by atoms with van der Waals surface area (Å²) in [7, 11) is -3.83. The fourth-order valence-electron chi connectivity index (χ4n) is 4.09. The van der Waals surface area contributed by atoms with E-state index in [0.29, 0.717) is 24.3 Å². The van der Waals surface area contributed by atoms with Gasteiger partial charge in [-0.1, -0.05) is 13.0 Å². The molecule has 31 heavy (non-hydrogen) atoms. The lowest BCUT2D eigenvalue weighted by atomic mass is 9.93. The summed E-state index contributed by atoms with van der Waals surface area (Å²) in [5.41, 5.74) is 3.17. The topological polar surface area (TPSA) is 127 Å². The maximum absolute atomic E-state index is 13.2. The lowest BCUT2D eigenvalue weighted by molar-refractivity contribution is -0.137. The highest BCUT2D eigenvalue weighted by atomic mass is 32.2. The fraction of sp³-hybridized carbons (Fsp3) is 0.381. The van der Waals surface area contributed by atoms with Crippen molar-refractivity contribution in [1.82, 2.24) is 19.5 Å². The average molecular weight is 445 g/mol. The largest absolute Gasteiger partial charge is 0.480 e. The first-order valence-corrected chi connectivity index (χ1v) is 11.6. The first-order chi connectivity index (χ1) is 14.8. The van der Waals surface area contributed by atoms with Crippen LogP contribution in [0.5, 0.6) is 0 Å². The molecule has 0 saturated carbocycles. The first kappa shape index (κ1) is 21.3. The minimum absolute atomic E-state index is 0.105. The van der Waals surface area contributed by atoms with Crippen molar-refractivity contribution < 1.29 is 22.7 Å². The Balaban J connectivity index is 1.65. The van der Waals surface area contributed by atoms with E-state index in [-0.39, 0.29) is 17.3 Å². The summed E-state index contributed by atoms with van der Waals surface area (Å²) < 4.78 is 36.3. The van der Waals surface area contributed by atoms with E-state index in [9.17, 15) is 18.3 Å². The maximum atomic E-state index is 13.2. The number of nitrogens with one attached hydrogen (secondary N) is 1. The Morgan fingerprint density at radius 3 is 2.81 bits per heavy atom. The summed E-state index contributed by atoms with van der Waals surface area (Å²) in [5.74, 6) is -0.259. The van der Waals surface area contributed by atoms with Gasteiger partial charge in [0.1, 0.15) is 6.54 Å². The molecule has 2 aromatic heterocycles. The Morgan fingerprint density at radius 1 is 1.32 bits per heavy atom. The van der Waals surface area contributed by atoms with E-state index in [1.807, 2.05) is 13.0 Å². The molecule has 1 unspecified atom stereocenters. The minimum Gasteiger partial charge on any atom is -0.480 e. The Morgan fingerprint density at radius 2 is 2.13 bits per heavy atom. The number of rotatable bonds is 7. The molecule has 9 nitrogen and oxygen atoms in total. The molecule has 2 N–H and O–H groups in total. The van der Waals surface area contributed by atoms with Gasteiger partial charge in [-0.25, -0.2) is 13.1 Å². The van der Waals surface area contributed by atoms with Crippen LogP contribution in [0.15, 0.2) is 39.6 Å². The van der Waals surface area contributed by atoms with Crippen LogP contribution in [0, 0.1) is 6.92 Å².